The van der Waals surface area contributed by atoms with Gasteiger partial charge in [0, 0.05) is 12.6 Å². The lowest BCUT2D eigenvalue weighted by atomic mass is 9.90. The van der Waals surface area contributed by atoms with Crippen molar-refractivity contribution in [3.63, 3.8) is 0 Å². The van der Waals surface area contributed by atoms with E-state index in [-0.39, 0.29) is 0 Å². The van der Waals surface area contributed by atoms with Crippen molar-refractivity contribution in [1.29, 1.82) is 0 Å². The van der Waals surface area contributed by atoms with E-state index in [0.717, 1.165) is 26.1 Å². The van der Waals surface area contributed by atoms with Gasteiger partial charge >= 0.3 is 0 Å². The molecule has 0 aliphatic carbocycles. The molecule has 0 spiro atoms. The van der Waals surface area contributed by atoms with Crippen molar-refractivity contribution in [1.82, 2.24) is 10.6 Å². The topological polar surface area (TPSA) is 24.1 Å². The van der Waals surface area contributed by atoms with Crippen LogP contribution < -0.4 is 10.6 Å². The van der Waals surface area contributed by atoms with Crippen LogP contribution >= 0.6 is 0 Å². The maximum Gasteiger partial charge on any atom is 0.0227 e. The summed E-state index contributed by atoms with van der Waals surface area (Å²) < 4.78 is 0. The molecule has 0 bridgehead atoms. The predicted octanol–water partition coefficient (Wildman–Crippen LogP) is 2.41. The molecule has 2 N–H and O–H groups in total. The molecule has 1 saturated heterocycles. The molecule has 1 aromatic carbocycles. The first-order valence-electron chi connectivity index (χ1n) is 7.21. The van der Waals surface area contributed by atoms with Crippen molar-refractivity contribution in [2.75, 3.05) is 19.6 Å². The molecule has 1 fully saturated rings. The molecule has 1 aromatic rings. The van der Waals surface area contributed by atoms with Gasteiger partial charge in [-0.25, -0.2) is 0 Å². The zero-order valence-corrected chi connectivity index (χ0v) is 11.4. The molecule has 2 nitrogen and oxygen atoms in total. The van der Waals surface area contributed by atoms with Crippen molar-refractivity contribution >= 4 is 0 Å². The van der Waals surface area contributed by atoms with Gasteiger partial charge in [-0.3, -0.25) is 0 Å². The monoisotopic (exact) mass is 245 g/mol. The standard InChI is InChI=1S/C16H25N2/c1-2-3-9-18-16-11-15(12-17-13-16)10-14-7-5-4-6-8-14/h4-8,11,15-18H,2-3,9-10,12-13H2,1H3. The molecule has 1 aliphatic rings. The lowest BCUT2D eigenvalue weighted by Crippen LogP contribution is -2.48. The molecule has 2 rings (SSSR count). The average molecular weight is 245 g/mol. The van der Waals surface area contributed by atoms with Gasteiger partial charge in [-0.05, 0) is 43.8 Å². The Bertz CT molecular complexity index is 323. The Morgan fingerprint density at radius 1 is 1.22 bits per heavy atom. The summed E-state index contributed by atoms with van der Waals surface area (Å²) in [6, 6.07) is 11.3. The van der Waals surface area contributed by atoms with Gasteiger partial charge in [0.15, 0.2) is 0 Å². The number of rotatable bonds is 6. The van der Waals surface area contributed by atoms with Crippen molar-refractivity contribution in [3.8, 4) is 0 Å². The zero-order valence-electron chi connectivity index (χ0n) is 11.4. The summed E-state index contributed by atoms with van der Waals surface area (Å²) in [6.45, 7) is 5.57. The second-order valence-corrected chi connectivity index (χ2v) is 5.21. The number of hydrogen-bond donors (Lipinski definition) is 2. The van der Waals surface area contributed by atoms with Crippen LogP contribution in [-0.2, 0) is 6.42 Å². The highest BCUT2D eigenvalue weighted by Crippen LogP contribution is 2.15. The highest BCUT2D eigenvalue weighted by Gasteiger charge is 2.21. The van der Waals surface area contributed by atoms with Gasteiger partial charge in [0.2, 0.25) is 0 Å². The van der Waals surface area contributed by atoms with Crippen molar-refractivity contribution in [2.24, 2.45) is 5.92 Å². The summed E-state index contributed by atoms with van der Waals surface area (Å²) in [5, 5.41) is 7.16. The van der Waals surface area contributed by atoms with E-state index in [0.29, 0.717) is 12.0 Å². The lowest BCUT2D eigenvalue weighted by Gasteiger charge is -2.30. The molecule has 1 aliphatic heterocycles. The summed E-state index contributed by atoms with van der Waals surface area (Å²) in [6.07, 6.45) is 6.19. The minimum atomic E-state index is 0.541. The minimum Gasteiger partial charge on any atom is -0.315 e. The molecule has 99 valence electrons. The molecule has 1 heterocycles. The Morgan fingerprint density at radius 3 is 2.83 bits per heavy atom. The van der Waals surface area contributed by atoms with Gasteiger partial charge < -0.3 is 10.6 Å². The second kappa shape index (κ2) is 7.55. The van der Waals surface area contributed by atoms with E-state index in [9.17, 15) is 0 Å². The van der Waals surface area contributed by atoms with Gasteiger partial charge in [-0.2, -0.15) is 0 Å². The Balaban J connectivity index is 1.76. The van der Waals surface area contributed by atoms with E-state index in [1.165, 1.54) is 18.4 Å². The second-order valence-electron chi connectivity index (χ2n) is 5.21. The Labute approximate surface area is 111 Å². The molecule has 0 amide bonds. The molecule has 2 heteroatoms. The number of piperidine rings is 1. The van der Waals surface area contributed by atoms with E-state index < -0.39 is 0 Å². The zero-order chi connectivity index (χ0) is 12.6. The maximum atomic E-state index is 3.62. The van der Waals surface area contributed by atoms with Crippen LogP contribution in [-0.4, -0.2) is 25.7 Å². The van der Waals surface area contributed by atoms with Crippen LogP contribution in [0.3, 0.4) is 0 Å². The van der Waals surface area contributed by atoms with Gasteiger partial charge in [-0.15, -0.1) is 0 Å². The SMILES string of the molecule is CCCCNC1[CH]C(Cc2ccccc2)CNC1. The third kappa shape index (κ3) is 4.43. The Morgan fingerprint density at radius 2 is 2.06 bits per heavy atom. The number of unbranched alkanes of at least 4 members (excludes halogenated alkanes) is 1. The largest absolute Gasteiger partial charge is 0.315 e. The first kappa shape index (κ1) is 13.6. The van der Waals surface area contributed by atoms with E-state index >= 15 is 0 Å². The molecule has 0 aromatic heterocycles. The first-order chi connectivity index (χ1) is 8.88. The first-order valence-corrected chi connectivity index (χ1v) is 7.21. The summed E-state index contributed by atoms with van der Waals surface area (Å²) in [4.78, 5) is 0. The molecule has 2 atom stereocenters. The molecule has 1 radical (unpaired) electrons. The third-order valence-corrected chi connectivity index (χ3v) is 3.55. The third-order valence-electron chi connectivity index (χ3n) is 3.55. The molecular formula is C16H25N2. The highest BCUT2D eigenvalue weighted by atomic mass is 15.0. The van der Waals surface area contributed by atoms with Crippen molar-refractivity contribution in [2.45, 2.75) is 32.2 Å². The van der Waals surface area contributed by atoms with Crippen LogP contribution in [0.15, 0.2) is 30.3 Å². The number of benzene rings is 1. The van der Waals surface area contributed by atoms with Crippen LogP contribution in [0.5, 0.6) is 0 Å². The summed E-state index contributed by atoms with van der Waals surface area (Å²) in [7, 11) is 0. The minimum absolute atomic E-state index is 0.541. The number of hydrogen-bond acceptors (Lipinski definition) is 2. The fourth-order valence-electron chi connectivity index (χ4n) is 2.55. The van der Waals surface area contributed by atoms with E-state index in [1.54, 1.807) is 0 Å². The number of nitrogens with one attached hydrogen (secondary N) is 2. The molecular weight excluding hydrogens is 220 g/mol. The predicted molar refractivity (Wildman–Crippen MR) is 77.5 cm³/mol. The molecule has 2 unspecified atom stereocenters. The van der Waals surface area contributed by atoms with E-state index in [4.69, 9.17) is 0 Å². The fraction of sp³-hybridized carbons (Fsp3) is 0.562. The molecule has 0 saturated carbocycles. The van der Waals surface area contributed by atoms with Gasteiger partial charge in [0.05, 0.1) is 0 Å². The average Bonchev–Trinajstić information content (AvgIpc) is 2.41. The van der Waals surface area contributed by atoms with E-state index in [1.807, 2.05) is 0 Å². The van der Waals surface area contributed by atoms with Gasteiger partial charge in [0.25, 0.3) is 0 Å². The van der Waals surface area contributed by atoms with Crippen LogP contribution in [0.4, 0.5) is 0 Å². The summed E-state index contributed by atoms with van der Waals surface area (Å²) in [5.41, 5.74) is 1.44. The van der Waals surface area contributed by atoms with Gasteiger partial charge in [0.1, 0.15) is 0 Å². The quantitative estimate of drug-likeness (QED) is 0.752. The highest BCUT2D eigenvalue weighted by molar-refractivity contribution is 5.16. The smallest absolute Gasteiger partial charge is 0.0227 e. The van der Waals surface area contributed by atoms with Crippen LogP contribution in [0, 0.1) is 12.3 Å². The van der Waals surface area contributed by atoms with Crippen LogP contribution in [0.1, 0.15) is 25.3 Å². The van der Waals surface area contributed by atoms with Crippen molar-refractivity contribution < 1.29 is 0 Å². The lowest BCUT2D eigenvalue weighted by molar-refractivity contribution is 0.383. The normalized spacial score (nSPS) is 24.1. The molecule has 18 heavy (non-hydrogen) atoms. The summed E-state index contributed by atoms with van der Waals surface area (Å²) >= 11 is 0. The maximum absolute atomic E-state index is 3.62. The Kier molecular flexibility index (Phi) is 5.69. The van der Waals surface area contributed by atoms with Crippen LogP contribution in [0.25, 0.3) is 0 Å². The van der Waals surface area contributed by atoms with Gasteiger partial charge in [-0.1, -0.05) is 43.7 Å². The van der Waals surface area contributed by atoms with Crippen molar-refractivity contribution in [3.05, 3.63) is 42.3 Å². The van der Waals surface area contributed by atoms with Crippen LogP contribution in [0.2, 0.25) is 0 Å². The fourth-order valence-corrected chi connectivity index (χ4v) is 2.55. The van der Waals surface area contributed by atoms with E-state index in [2.05, 4.69) is 54.3 Å². The summed E-state index contributed by atoms with van der Waals surface area (Å²) in [5.74, 6) is 0.653. The Hall–Kier alpha value is -0.860.